The van der Waals surface area contributed by atoms with E-state index in [1.165, 1.54) is 12.1 Å². The van der Waals surface area contributed by atoms with Crippen molar-refractivity contribution in [2.24, 2.45) is 0 Å². The summed E-state index contributed by atoms with van der Waals surface area (Å²) in [5.74, 6) is -0.844. The second-order valence-corrected chi connectivity index (χ2v) is 5.22. The van der Waals surface area contributed by atoms with Crippen molar-refractivity contribution >= 4 is 40.8 Å². The number of ether oxygens (including phenoxy) is 1. The molecule has 0 aromatic heterocycles. The van der Waals surface area contributed by atoms with Crippen LogP contribution in [0.1, 0.15) is 27.6 Å². The monoisotopic (exact) mass is 337 g/mol. The SMILES string of the molecule is CCOC(=O)c1cc(NC(=O)c2ccc(Cl)cc2)ccc1Cl. The number of rotatable bonds is 4. The Morgan fingerprint density at radius 1 is 1.09 bits per heavy atom. The minimum absolute atomic E-state index is 0.206. The summed E-state index contributed by atoms with van der Waals surface area (Å²) in [6.07, 6.45) is 0. The van der Waals surface area contributed by atoms with Gasteiger partial charge in [-0.15, -0.1) is 0 Å². The second-order valence-electron chi connectivity index (χ2n) is 4.38. The van der Waals surface area contributed by atoms with E-state index in [2.05, 4.69) is 5.32 Å². The van der Waals surface area contributed by atoms with Crippen LogP contribution in [0.15, 0.2) is 42.5 Å². The van der Waals surface area contributed by atoms with E-state index in [4.69, 9.17) is 27.9 Å². The standard InChI is InChI=1S/C16H13Cl2NO3/c1-2-22-16(21)13-9-12(7-8-14(13)18)19-15(20)10-3-5-11(17)6-4-10/h3-9H,2H2,1H3,(H,19,20). The highest BCUT2D eigenvalue weighted by Gasteiger charge is 2.13. The third-order valence-corrected chi connectivity index (χ3v) is 3.41. The third kappa shape index (κ3) is 4.00. The number of benzene rings is 2. The van der Waals surface area contributed by atoms with Crippen LogP contribution in [0.4, 0.5) is 5.69 Å². The first-order chi connectivity index (χ1) is 10.5. The van der Waals surface area contributed by atoms with Crippen LogP contribution in [0.2, 0.25) is 10.0 Å². The van der Waals surface area contributed by atoms with Crippen LogP contribution in [-0.2, 0) is 4.74 Å². The van der Waals surface area contributed by atoms with Gasteiger partial charge in [-0.1, -0.05) is 23.2 Å². The summed E-state index contributed by atoms with van der Waals surface area (Å²) in [5, 5.41) is 3.51. The van der Waals surface area contributed by atoms with Gasteiger partial charge in [0.25, 0.3) is 5.91 Å². The summed E-state index contributed by atoms with van der Waals surface area (Å²) in [4.78, 5) is 23.9. The molecule has 2 rings (SSSR count). The molecule has 0 aliphatic rings. The van der Waals surface area contributed by atoms with Crippen molar-refractivity contribution in [2.75, 3.05) is 11.9 Å². The van der Waals surface area contributed by atoms with Gasteiger partial charge in [-0.05, 0) is 49.4 Å². The first-order valence-corrected chi connectivity index (χ1v) is 7.30. The largest absolute Gasteiger partial charge is 0.462 e. The number of anilines is 1. The van der Waals surface area contributed by atoms with Crippen molar-refractivity contribution in [1.29, 1.82) is 0 Å². The maximum atomic E-state index is 12.1. The smallest absolute Gasteiger partial charge is 0.339 e. The van der Waals surface area contributed by atoms with E-state index < -0.39 is 5.97 Å². The van der Waals surface area contributed by atoms with Gasteiger partial charge < -0.3 is 10.1 Å². The molecule has 0 unspecified atom stereocenters. The maximum Gasteiger partial charge on any atom is 0.339 e. The zero-order chi connectivity index (χ0) is 16.1. The lowest BCUT2D eigenvalue weighted by Crippen LogP contribution is -2.13. The van der Waals surface area contributed by atoms with Crippen LogP contribution < -0.4 is 5.32 Å². The van der Waals surface area contributed by atoms with Crippen molar-refractivity contribution in [2.45, 2.75) is 6.92 Å². The molecule has 0 spiro atoms. The van der Waals surface area contributed by atoms with Crippen molar-refractivity contribution in [3.8, 4) is 0 Å². The van der Waals surface area contributed by atoms with Crippen LogP contribution in [0, 0.1) is 0 Å². The minimum atomic E-state index is -0.532. The van der Waals surface area contributed by atoms with Crippen LogP contribution in [0.5, 0.6) is 0 Å². The Hall–Kier alpha value is -2.04. The molecular formula is C16H13Cl2NO3. The first-order valence-electron chi connectivity index (χ1n) is 6.55. The molecule has 0 bridgehead atoms. The molecule has 0 fully saturated rings. The zero-order valence-corrected chi connectivity index (χ0v) is 13.2. The molecule has 0 aliphatic carbocycles. The number of carbonyl (C=O) groups is 2. The molecule has 0 atom stereocenters. The van der Waals surface area contributed by atoms with E-state index in [-0.39, 0.29) is 23.1 Å². The van der Waals surface area contributed by atoms with Gasteiger partial charge in [0.2, 0.25) is 0 Å². The van der Waals surface area contributed by atoms with E-state index in [1.54, 1.807) is 37.3 Å². The number of amides is 1. The molecule has 0 aliphatic heterocycles. The van der Waals surface area contributed by atoms with Gasteiger partial charge in [0.15, 0.2) is 0 Å². The minimum Gasteiger partial charge on any atom is -0.462 e. The summed E-state index contributed by atoms with van der Waals surface area (Å²) in [6.45, 7) is 1.95. The van der Waals surface area contributed by atoms with E-state index in [1.807, 2.05) is 0 Å². The van der Waals surface area contributed by atoms with Gasteiger partial charge in [0.05, 0.1) is 17.2 Å². The van der Waals surface area contributed by atoms with Crippen molar-refractivity contribution in [3.63, 3.8) is 0 Å². The van der Waals surface area contributed by atoms with E-state index in [0.717, 1.165) is 0 Å². The molecule has 22 heavy (non-hydrogen) atoms. The first kappa shape index (κ1) is 16.3. The van der Waals surface area contributed by atoms with E-state index in [9.17, 15) is 9.59 Å². The number of nitrogens with one attached hydrogen (secondary N) is 1. The lowest BCUT2D eigenvalue weighted by molar-refractivity contribution is 0.0526. The number of hydrogen-bond donors (Lipinski definition) is 1. The Bertz CT molecular complexity index is 699. The fourth-order valence-corrected chi connectivity index (χ4v) is 2.09. The van der Waals surface area contributed by atoms with Crippen molar-refractivity contribution < 1.29 is 14.3 Å². The topological polar surface area (TPSA) is 55.4 Å². The highest BCUT2D eigenvalue weighted by Crippen LogP contribution is 2.22. The average molecular weight is 338 g/mol. The number of hydrogen-bond acceptors (Lipinski definition) is 3. The highest BCUT2D eigenvalue weighted by atomic mass is 35.5. The van der Waals surface area contributed by atoms with E-state index in [0.29, 0.717) is 16.3 Å². The van der Waals surface area contributed by atoms with Crippen LogP contribution in [0.3, 0.4) is 0 Å². The summed E-state index contributed by atoms with van der Waals surface area (Å²) < 4.78 is 4.92. The van der Waals surface area contributed by atoms with Crippen LogP contribution >= 0.6 is 23.2 Å². The lowest BCUT2D eigenvalue weighted by Gasteiger charge is -2.09. The van der Waals surface area contributed by atoms with Crippen LogP contribution in [-0.4, -0.2) is 18.5 Å². The summed E-state index contributed by atoms with van der Waals surface area (Å²) in [7, 11) is 0. The fraction of sp³-hybridized carbons (Fsp3) is 0.125. The fourth-order valence-electron chi connectivity index (χ4n) is 1.77. The molecular weight excluding hydrogens is 325 g/mol. The molecule has 6 heteroatoms. The van der Waals surface area contributed by atoms with Gasteiger partial charge in [-0.3, -0.25) is 4.79 Å². The van der Waals surface area contributed by atoms with Crippen LogP contribution in [0.25, 0.3) is 0 Å². The van der Waals surface area contributed by atoms with Gasteiger partial charge in [-0.25, -0.2) is 4.79 Å². The molecule has 1 N–H and O–H groups in total. The lowest BCUT2D eigenvalue weighted by atomic mass is 10.1. The van der Waals surface area contributed by atoms with Crippen molar-refractivity contribution in [1.82, 2.24) is 0 Å². The zero-order valence-electron chi connectivity index (χ0n) is 11.7. The predicted octanol–water partition coefficient (Wildman–Crippen LogP) is 4.42. The van der Waals surface area contributed by atoms with E-state index >= 15 is 0 Å². The maximum absolute atomic E-state index is 12.1. The molecule has 2 aromatic carbocycles. The van der Waals surface area contributed by atoms with Crippen molar-refractivity contribution in [3.05, 3.63) is 63.6 Å². The molecule has 0 heterocycles. The molecule has 4 nitrogen and oxygen atoms in total. The molecule has 0 saturated heterocycles. The summed E-state index contributed by atoms with van der Waals surface area (Å²) in [5.41, 5.74) is 1.11. The van der Waals surface area contributed by atoms with Gasteiger partial charge in [0.1, 0.15) is 0 Å². The predicted molar refractivity (Wildman–Crippen MR) is 86.8 cm³/mol. The second kappa shape index (κ2) is 7.29. The Kier molecular flexibility index (Phi) is 5.41. The number of carbonyl (C=O) groups excluding carboxylic acids is 2. The molecule has 1 amide bonds. The Balaban J connectivity index is 2.19. The Morgan fingerprint density at radius 2 is 1.77 bits per heavy atom. The Labute approximate surface area is 138 Å². The number of halogens is 2. The highest BCUT2D eigenvalue weighted by molar-refractivity contribution is 6.33. The summed E-state index contributed by atoms with van der Waals surface area (Å²) in [6, 6.07) is 11.1. The van der Waals surface area contributed by atoms with Gasteiger partial charge in [0, 0.05) is 16.3 Å². The summed E-state index contributed by atoms with van der Waals surface area (Å²) >= 11 is 11.8. The number of esters is 1. The average Bonchev–Trinajstić information content (AvgIpc) is 2.50. The third-order valence-electron chi connectivity index (χ3n) is 2.83. The van der Waals surface area contributed by atoms with Gasteiger partial charge >= 0.3 is 5.97 Å². The Morgan fingerprint density at radius 3 is 2.41 bits per heavy atom. The molecule has 2 aromatic rings. The van der Waals surface area contributed by atoms with Gasteiger partial charge in [-0.2, -0.15) is 0 Å². The molecule has 0 radical (unpaired) electrons. The normalized spacial score (nSPS) is 10.1. The quantitative estimate of drug-likeness (QED) is 0.840. The molecule has 114 valence electrons. The molecule has 0 saturated carbocycles.